The largest absolute Gasteiger partial charge is 0.423 e. The quantitative estimate of drug-likeness (QED) is 0.520. The number of hydrogen-bond donors (Lipinski definition) is 2. The van der Waals surface area contributed by atoms with Crippen LogP contribution in [0.15, 0.2) is 77.3 Å². The van der Waals surface area contributed by atoms with E-state index in [1.54, 1.807) is 18.1 Å². The fraction of sp³-hybridized carbons (Fsp3) is 0.130. The lowest BCUT2D eigenvalue weighted by molar-refractivity contribution is -0.128. The number of benzene rings is 3. The van der Waals surface area contributed by atoms with Crippen LogP contribution >= 0.6 is 0 Å². The van der Waals surface area contributed by atoms with Crippen molar-refractivity contribution in [1.82, 2.24) is 9.88 Å². The molecule has 0 radical (unpaired) electrons. The molecule has 0 aliphatic rings. The molecule has 1 amide bonds. The number of carbonyl (C=O) groups is 1. The van der Waals surface area contributed by atoms with Crippen molar-refractivity contribution in [2.45, 2.75) is 6.54 Å². The van der Waals surface area contributed by atoms with E-state index in [0.29, 0.717) is 18.3 Å². The third-order valence-corrected chi connectivity index (χ3v) is 4.83. The third-order valence-electron chi connectivity index (χ3n) is 4.83. The van der Waals surface area contributed by atoms with Crippen molar-refractivity contribution in [2.24, 2.45) is 5.73 Å². The lowest BCUT2D eigenvalue weighted by Gasteiger charge is -2.17. The van der Waals surface area contributed by atoms with E-state index < -0.39 is 0 Å². The van der Waals surface area contributed by atoms with E-state index in [-0.39, 0.29) is 12.5 Å². The monoisotopic (exact) mass is 386 g/mol. The number of fused-ring (bicyclic) bond motifs is 1. The first-order valence-corrected chi connectivity index (χ1v) is 9.38. The van der Waals surface area contributed by atoms with Crippen molar-refractivity contribution in [3.63, 3.8) is 0 Å². The minimum Gasteiger partial charge on any atom is -0.423 e. The van der Waals surface area contributed by atoms with Crippen LogP contribution in [0.2, 0.25) is 0 Å². The van der Waals surface area contributed by atoms with Gasteiger partial charge in [0.15, 0.2) is 5.76 Å². The molecular weight excluding hydrogens is 364 g/mol. The molecule has 0 saturated carbocycles. The maximum Gasteiger partial charge on any atom is 0.299 e. The summed E-state index contributed by atoms with van der Waals surface area (Å²) in [4.78, 5) is 17.8. The number of nitrogens with one attached hydrogen (secondary N) is 1. The number of carbonyl (C=O) groups excluding carboxylic acids is 1. The Balaban J connectivity index is 1.61. The van der Waals surface area contributed by atoms with Gasteiger partial charge in [0, 0.05) is 24.5 Å². The van der Waals surface area contributed by atoms with Gasteiger partial charge in [0.05, 0.1) is 18.4 Å². The molecule has 3 aromatic carbocycles. The van der Waals surface area contributed by atoms with Gasteiger partial charge in [-0.15, -0.1) is 0 Å². The van der Waals surface area contributed by atoms with E-state index in [1.807, 2.05) is 48.5 Å². The number of likely N-dealkylation sites (N-methyl/N-ethyl adjacent to an activating group) is 1. The van der Waals surface area contributed by atoms with Crippen LogP contribution < -0.4 is 11.1 Å². The Labute approximate surface area is 169 Å². The minimum atomic E-state index is -0.115. The first-order chi connectivity index (χ1) is 14.2. The highest BCUT2D eigenvalue weighted by molar-refractivity contribution is 5.94. The fourth-order valence-corrected chi connectivity index (χ4v) is 3.30. The molecule has 6 heteroatoms. The molecule has 6 nitrogen and oxygen atoms in total. The molecule has 4 rings (SSSR count). The van der Waals surface area contributed by atoms with Crippen LogP contribution in [0.4, 0.5) is 11.7 Å². The van der Waals surface area contributed by atoms with Crippen molar-refractivity contribution in [3.05, 3.63) is 78.5 Å². The average molecular weight is 386 g/mol. The van der Waals surface area contributed by atoms with Crippen LogP contribution in [-0.2, 0) is 11.3 Å². The highest BCUT2D eigenvalue weighted by Gasteiger charge is 2.14. The Morgan fingerprint density at radius 3 is 2.69 bits per heavy atom. The van der Waals surface area contributed by atoms with Gasteiger partial charge in [-0.1, -0.05) is 60.7 Å². The molecule has 0 atom stereocenters. The third kappa shape index (κ3) is 3.97. The molecule has 146 valence electrons. The summed E-state index contributed by atoms with van der Waals surface area (Å²) in [6, 6.07) is 22.4. The smallest absolute Gasteiger partial charge is 0.299 e. The van der Waals surface area contributed by atoms with Crippen LogP contribution in [-0.4, -0.2) is 29.4 Å². The van der Waals surface area contributed by atoms with Gasteiger partial charge in [-0.2, -0.15) is 0 Å². The summed E-state index contributed by atoms with van der Waals surface area (Å²) in [5.41, 5.74) is 8.25. The van der Waals surface area contributed by atoms with E-state index in [4.69, 9.17) is 10.2 Å². The zero-order valence-corrected chi connectivity index (χ0v) is 16.1. The lowest BCUT2D eigenvalue weighted by Crippen LogP contribution is -2.32. The predicted octanol–water partition coefficient (Wildman–Crippen LogP) is 4.16. The maximum atomic E-state index is 11.8. The van der Waals surface area contributed by atoms with Gasteiger partial charge in [0.1, 0.15) is 0 Å². The van der Waals surface area contributed by atoms with Crippen molar-refractivity contribution >= 4 is 28.4 Å². The highest BCUT2D eigenvalue weighted by Crippen LogP contribution is 2.30. The Morgan fingerprint density at radius 1 is 1.07 bits per heavy atom. The van der Waals surface area contributed by atoms with Crippen molar-refractivity contribution in [2.75, 3.05) is 18.9 Å². The number of anilines is 2. The Hall–Kier alpha value is -3.64. The first kappa shape index (κ1) is 18.7. The van der Waals surface area contributed by atoms with E-state index in [9.17, 15) is 4.79 Å². The molecule has 0 spiro atoms. The number of nitrogens with two attached hydrogens (primary N) is 1. The molecule has 0 saturated heterocycles. The summed E-state index contributed by atoms with van der Waals surface area (Å²) in [5, 5.41) is 5.50. The minimum absolute atomic E-state index is 0.0138. The molecule has 29 heavy (non-hydrogen) atoms. The van der Waals surface area contributed by atoms with Gasteiger partial charge in [-0.25, -0.2) is 4.98 Å². The summed E-state index contributed by atoms with van der Waals surface area (Å²) in [6.07, 6.45) is 1.69. The van der Waals surface area contributed by atoms with E-state index in [0.717, 1.165) is 27.6 Å². The van der Waals surface area contributed by atoms with Gasteiger partial charge in [-0.3, -0.25) is 4.79 Å². The van der Waals surface area contributed by atoms with Crippen LogP contribution in [0.3, 0.4) is 0 Å². The second kappa shape index (κ2) is 8.16. The van der Waals surface area contributed by atoms with Gasteiger partial charge in [0.2, 0.25) is 5.91 Å². The Morgan fingerprint density at radius 2 is 1.83 bits per heavy atom. The van der Waals surface area contributed by atoms with Crippen LogP contribution in [0, 0.1) is 0 Å². The molecule has 4 aromatic rings. The van der Waals surface area contributed by atoms with Crippen LogP contribution in [0.1, 0.15) is 5.56 Å². The Kier molecular flexibility index (Phi) is 5.27. The van der Waals surface area contributed by atoms with Crippen LogP contribution in [0.25, 0.3) is 22.1 Å². The standard InChI is InChI=1S/C23H22N4O2/c1-27(22(28)13-24)15-17-8-3-5-11-19(17)21-14-25-23(29-21)26-20-12-6-9-16-7-2-4-10-18(16)20/h2-12,14H,13,15,24H2,1H3,(H,25,26). The molecule has 0 aliphatic heterocycles. The summed E-state index contributed by atoms with van der Waals surface area (Å²) >= 11 is 0. The molecule has 0 bridgehead atoms. The molecule has 1 heterocycles. The van der Waals surface area contributed by atoms with Crippen molar-refractivity contribution < 1.29 is 9.21 Å². The molecule has 1 aromatic heterocycles. The van der Waals surface area contributed by atoms with Gasteiger partial charge < -0.3 is 20.4 Å². The highest BCUT2D eigenvalue weighted by atomic mass is 16.4. The fourth-order valence-electron chi connectivity index (χ4n) is 3.30. The lowest BCUT2D eigenvalue weighted by atomic mass is 10.1. The summed E-state index contributed by atoms with van der Waals surface area (Å²) < 4.78 is 5.98. The molecule has 3 N–H and O–H groups in total. The van der Waals surface area contributed by atoms with E-state index in [2.05, 4.69) is 28.5 Å². The van der Waals surface area contributed by atoms with E-state index >= 15 is 0 Å². The topological polar surface area (TPSA) is 84.4 Å². The summed E-state index contributed by atoms with van der Waals surface area (Å²) in [7, 11) is 1.74. The number of nitrogens with zero attached hydrogens (tertiary/aromatic N) is 2. The number of amides is 1. The Bertz CT molecular complexity index is 1150. The number of oxazole rings is 1. The van der Waals surface area contributed by atoms with Crippen molar-refractivity contribution in [1.29, 1.82) is 0 Å². The average Bonchev–Trinajstić information content (AvgIpc) is 3.22. The number of aromatic nitrogens is 1. The molecule has 0 aliphatic carbocycles. The molecule has 0 unspecified atom stereocenters. The second-order valence-electron chi connectivity index (χ2n) is 6.79. The normalized spacial score (nSPS) is 10.8. The van der Waals surface area contributed by atoms with Gasteiger partial charge >= 0.3 is 0 Å². The number of rotatable bonds is 6. The van der Waals surface area contributed by atoms with E-state index in [1.165, 1.54) is 0 Å². The first-order valence-electron chi connectivity index (χ1n) is 9.38. The van der Waals surface area contributed by atoms with Gasteiger partial charge in [-0.05, 0) is 17.0 Å². The maximum absolute atomic E-state index is 11.8. The van der Waals surface area contributed by atoms with Crippen LogP contribution in [0.5, 0.6) is 0 Å². The van der Waals surface area contributed by atoms with Crippen molar-refractivity contribution in [3.8, 4) is 11.3 Å². The molecular formula is C23H22N4O2. The second-order valence-corrected chi connectivity index (χ2v) is 6.79. The SMILES string of the molecule is CN(Cc1ccccc1-c1cnc(Nc2cccc3ccccc23)o1)C(=O)CN. The zero-order valence-electron chi connectivity index (χ0n) is 16.1. The summed E-state index contributed by atoms with van der Waals surface area (Å²) in [5.74, 6) is 0.521. The van der Waals surface area contributed by atoms with Gasteiger partial charge in [0.25, 0.3) is 6.01 Å². The predicted molar refractivity (Wildman–Crippen MR) is 115 cm³/mol. The summed E-state index contributed by atoms with van der Waals surface area (Å²) in [6.45, 7) is 0.430. The number of hydrogen-bond acceptors (Lipinski definition) is 5. The molecule has 0 fully saturated rings. The zero-order chi connectivity index (χ0) is 20.2.